The molecule has 0 aromatic heterocycles. The molecule has 2 heterocycles. The first kappa shape index (κ1) is 23.8. The van der Waals surface area contributed by atoms with E-state index in [-0.39, 0.29) is 35.9 Å². The summed E-state index contributed by atoms with van der Waals surface area (Å²) in [6, 6.07) is 26.8. The van der Waals surface area contributed by atoms with Crippen molar-refractivity contribution in [1.29, 1.82) is 0 Å². The molecule has 0 unspecified atom stereocenters. The van der Waals surface area contributed by atoms with Crippen molar-refractivity contribution in [3.8, 4) is 0 Å². The summed E-state index contributed by atoms with van der Waals surface area (Å²) in [5, 5.41) is 7.03. The number of hydrogen-bond acceptors (Lipinski definition) is 3. The number of likely N-dealkylation sites (tertiary alicyclic amines) is 1. The van der Waals surface area contributed by atoms with Gasteiger partial charge in [0.2, 0.25) is 5.91 Å². The van der Waals surface area contributed by atoms with Crippen LogP contribution in [-0.4, -0.2) is 29.3 Å². The van der Waals surface area contributed by atoms with Crippen LogP contribution < -0.4 is 10.6 Å². The lowest BCUT2D eigenvalue weighted by molar-refractivity contribution is -0.138. The third-order valence-electron chi connectivity index (χ3n) is 8.58. The molecule has 1 aliphatic carbocycles. The highest BCUT2D eigenvalue weighted by Crippen LogP contribution is 2.51. The fourth-order valence-electron chi connectivity index (χ4n) is 6.81. The van der Waals surface area contributed by atoms with Gasteiger partial charge in [0.25, 0.3) is 5.91 Å². The number of amides is 2. The first-order valence-corrected chi connectivity index (χ1v) is 13.7. The third-order valence-corrected chi connectivity index (χ3v) is 8.58. The van der Waals surface area contributed by atoms with Crippen LogP contribution in [0.15, 0.2) is 78.9 Å². The Bertz CT molecular complexity index is 1290. The maximum Gasteiger partial charge on any atom is 0.251 e. The molecule has 190 valence electrons. The summed E-state index contributed by atoms with van der Waals surface area (Å²) in [5.74, 6) is 0.248. The molecule has 1 saturated carbocycles. The quantitative estimate of drug-likeness (QED) is 0.466. The maximum atomic E-state index is 14.2. The normalized spacial score (nSPS) is 26.5. The van der Waals surface area contributed by atoms with Gasteiger partial charge in [0, 0.05) is 29.8 Å². The summed E-state index contributed by atoms with van der Waals surface area (Å²) in [7, 11) is 0. The molecule has 2 aliphatic heterocycles. The van der Waals surface area contributed by atoms with Crippen molar-refractivity contribution in [1.82, 2.24) is 10.2 Å². The minimum Gasteiger partial charge on any atom is -0.378 e. The molecule has 0 spiro atoms. The van der Waals surface area contributed by atoms with Crippen LogP contribution in [0.1, 0.15) is 71.2 Å². The second-order valence-corrected chi connectivity index (χ2v) is 10.9. The number of carbonyl (C=O) groups is 2. The van der Waals surface area contributed by atoms with E-state index in [0.29, 0.717) is 11.5 Å². The number of aryl methyl sites for hydroxylation is 1. The van der Waals surface area contributed by atoms with Crippen molar-refractivity contribution in [2.45, 2.75) is 57.2 Å². The number of carbonyl (C=O) groups excluding carboxylic acids is 2. The van der Waals surface area contributed by atoms with Crippen LogP contribution in [0.5, 0.6) is 0 Å². The molecule has 1 saturated heterocycles. The van der Waals surface area contributed by atoms with E-state index in [2.05, 4.69) is 70.1 Å². The lowest BCUT2D eigenvalue weighted by Crippen LogP contribution is -2.50. The molecule has 2 N–H and O–H groups in total. The zero-order chi connectivity index (χ0) is 25.4. The Balaban J connectivity index is 1.27. The molecule has 3 aromatic rings. The molecule has 0 bridgehead atoms. The largest absolute Gasteiger partial charge is 0.378 e. The molecule has 2 fully saturated rings. The predicted octanol–water partition coefficient (Wildman–Crippen LogP) is 6.04. The minimum absolute atomic E-state index is 0.0465. The van der Waals surface area contributed by atoms with Crippen LogP contribution >= 0.6 is 0 Å². The molecule has 2 amide bonds. The average Bonchev–Trinajstić information content (AvgIpc) is 3.39. The summed E-state index contributed by atoms with van der Waals surface area (Å²) < 4.78 is 0. The Labute approximate surface area is 219 Å². The van der Waals surface area contributed by atoms with Crippen LogP contribution in [0.3, 0.4) is 0 Å². The van der Waals surface area contributed by atoms with E-state index in [0.717, 1.165) is 49.9 Å². The van der Waals surface area contributed by atoms with Crippen molar-refractivity contribution in [3.05, 3.63) is 101 Å². The summed E-state index contributed by atoms with van der Waals surface area (Å²) >= 11 is 0. The van der Waals surface area contributed by atoms with Gasteiger partial charge in [0.1, 0.15) is 0 Å². The zero-order valence-corrected chi connectivity index (χ0v) is 21.4. The fourth-order valence-corrected chi connectivity index (χ4v) is 6.81. The Morgan fingerprint density at radius 2 is 1.68 bits per heavy atom. The first-order chi connectivity index (χ1) is 18.1. The highest BCUT2D eigenvalue weighted by Gasteiger charge is 2.48. The molecule has 3 aromatic carbocycles. The van der Waals surface area contributed by atoms with Gasteiger partial charge in [-0.3, -0.25) is 9.59 Å². The highest BCUT2D eigenvalue weighted by atomic mass is 16.2. The van der Waals surface area contributed by atoms with Gasteiger partial charge in [0.05, 0.1) is 18.0 Å². The maximum absolute atomic E-state index is 14.2. The van der Waals surface area contributed by atoms with Gasteiger partial charge in [-0.2, -0.15) is 0 Å². The Hall–Kier alpha value is -3.60. The molecular weight excluding hydrogens is 458 g/mol. The van der Waals surface area contributed by atoms with E-state index in [4.69, 9.17) is 0 Å². The van der Waals surface area contributed by atoms with Crippen LogP contribution in [0.25, 0.3) is 0 Å². The first-order valence-electron chi connectivity index (χ1n) is 13.7. The van der Waals surface area contributed by atoms with E-state index in [9.17, 15) is 9.59 Å². The summed E-state index contributed by atoms with van der Waals surface area (Å²) in [5.41, 5.74) is 5.31. The number of anilines is 1. The molecule has 5 atom stereocenters. The van der Waals surface area contributed by atoms with Crippen LogP contribution in [0.2, 0.25) is 0 Å². The van der Waals surface area contributed by atoms with Gasteiger partial charge in [-0.05, 0) is 55.5 Å². The molecule has 5 heteroatoms. The Morgan fingerprint density at radius 1 is 0.892 bits per heavy atom. The van der Waals surface area contributed by atoms with Crippen LogP contribution in [0.4, 0.5) is 5.69 Å². The lowest BCUT2D eigenvalue weighted by Gasteiger charge is -2.42. The molecule has 3 aliphatic rings. The standard InChI is InChI=1S/C32H35N3O2/c1-21-10-9-13-23(20-21)31(36)34-28-17-8-6-15-25(28)32(37)35-19-18-26-29(22-11-3-2-4-12-22)33-27-16-7-5-14-24(27)30(26)35/h2-5,7,9-14,16,20,25-26,28-30,33H,6,8,15,17-19H2,1H3,(H,34,36)/t25-,26-,28+,29-,30-/m0/s1. The van der Waals surface area contributed by atoms with Gasteiger partial charge in [-0.1, -0.05) is 79.1 Å². The van der Waals surface area contributed by atoms with Crippen molar-refractivity contribution < 1.29 is 9.59 Å². The van der Waals surface area contributed by atoms with Gasteiger partial charge >= 0.3 is 0 Å². The van der Waals surface area contributed by atoms with E-state index in [1.165, 1.54) is 11.1 Å². The number of fused-ring (bicyclic) bond motifs is 3. The van der Waals surface area contributed by atoms with Crippen molar-refractivity contribution in [2.75, 3.05) is 11.9 Å². The number of nitrogens with one attached hydrogen (secondary N) is 2. The SMILES string of the molecule is Cc1cccc(C(=O)N[C@@H]2CCCC[C@@H]2C(=O)N2CC[C@H]3[C@H](c4ccccc4)Nc4ccccc4[C@@H]32)c1. The molecule has 37 heavy (non-hydrogen) atoms. The van der Waals surface area contributed by atoms with Crippen molar-refractivity contribution in [3.63, 3.8) is 0 Å². The highest BCUT2D eigenvalue weighted by molar-refractivity contribution is 5.95. The zero-order valence-electron chi connectivity index (χ0n) is 21.4. The Kier molecular flexibility index (Phi) is 6.45. The third kappa shape index (κ3) is 4.52. The number of hydrogen-bond donors (Lipinski definition) is 2. The topological polar surface area (TPSA) is 61.4 Å². The van der Waals surface area contributed by atoms with Crippen molar-refractivity contribution >= 4 is 17.5 Å². The van der Waals surface area contributed by atoms with Crippen LogP contribution in [-0.2, 0) is 4.79 Å². The summed E-state index contributed by atoms with van der Waals surface area (Å²) in [6.45, 7) is 2.75. The average molecular weight is 494 g/mol. The molecule has 5 nitrogen and oxygen atoms in total. The summed E-state index contributed by atoms with van der Waals surface area (Å²) in [6.07, 6.45) is 4.70. The fraction of sp³-hybridized carbons (Fsp3) is 0.375. The molecule has 0 radical (unpaired) electrons. The smallest absolute Gasteiger partial charge is 0.251 e. The number of para-hydroxylation sites is 1. The second kappa shape index (κ2) is 10.0. The van der Waals surface area contributed by atoms with E-state index >= 15 is 0 Å². The van der Waals surface area contributed by atoms with E-state index < -0.39 is 0 Å². The van der Waals surface area contributed by atoms with E-state index in [1.807, 2.05) is 31.2 Å². The second-order valence-electron chi connectivity index (χ2n) is 10.9. The van der Waals surface area contributed by atoms with E-state index in [1.54, 1.807) is 0 Å². The summed E-state index contributed by atoms with van der Waals surface area (Å²) in [4.78, 5) is 29.5. The predicted molar refractivity (Wildman–Crippen MR) is 146 cm³/mol. The number of rotatable bonds is 4. The van der Waals surface area contributed by atoms with Gasteiger partial charge in [-0.25, -0.2) is 0 Å². The number of benzene rings is 3. The monoisotopic (exact) mass is 493 g/mol. The lowest BCUT2D eigenvalue weighted by atomic mass is 9.79. The Morgan fingerprint density at radius 3 is 2.51 bits per heavy atom. The minimum atomic E-state index is -0.182. The number of nitrogens with zero attached hydrogens (tertiary/aromatic N) is 1. The van der Waals surface area contributed by atoms with Crippen molar-refractivity contribution in [2.24, 2.45) is 11.8 Å². The molecule has 6 rings (SSSR count). The van der Waals surface area contributed by atoms with Gasteiger partial charge in [0.15, 0.2) is 0 Å². The molecular formula is C32H35N3O2. The van der Waals surface area contributed by atoms with Gasteiger partial charge in [-0.15, -0.1) is 0 Å². The van der Waals surface area contributed by atoms with Crippen LogP contribution in [0, 0.1) is 18.8 Å². The van der Waals surface area contributed by atoms with Gasteiger partial charge < -0.3 is 15.5 Å².